The highest BCUT2D eigenvalue weighted by Crippen LogP contribution is 2.06. The number of carboxylic acid groups (broad SMARTS) is 1. The van der Waals surface area contributed by atoms with Crippen LogP contribution < -0.4 is 76.5 Å². The Kier molecular flexibility index (Phi) is 31.1. The summed E-state index contributed by atoms with van der Waals surface area (Å²) in [5, 5.41) is 31.9. The van der Waals surface area contributed by atoms with Crippen LogP contribution in [-0.4, -0.2) is 151 Å². The van der Waals surface area contributed by atoms with E-state index in [9.17, 15) is 53.1 Å². The maximum atomic E-state index is 13.4. The Morgan fingerprint density at radius 3 is 0.836 bits per heavy atom. The van der Waals surface area contributed by atoms with Crippen LogP contribution >= 0.6 is 0 Å². The number of carbonyl (C=O) groups excluding carboxylic acids is 9. The molecular weight excluding hydrogens is 877 g/mol. The smallest absolute Gasteiger partial charge is 0.326 e. The largest absolute Gasteiger partial charge is 0.480 e. The molecular formula is C42H80N14O11. The molecule has 25 nitrogen and oxygen atoms in total. The Morgan fingerprint density at radius 1 is 0.328 bits per heavy atom. The van der Waals surface area contributed by atoms with Gasteiger partial charge in [0, 0.05) is 0 Å². The fourth-order valence-corrected chi connectivity index (χ4v) is 6.16. The molecule has 0 spiro atoms. The zero-order valence-electron chi connectivity index (χ0n) is 40.0. The van der Waals surface area contributed by atoms with Crippen LogP contribution in [0.1, 0.15) is 119 Å². The fourth-order valence-electron chi connectivity index (χ4n) is 6.16. The van der Waals surface area contributed by atoms with Crippen molar-refractivity contribution in [3.63, 3.8) is 0 Å². The monoisotopic (exact) mass is 957 g/mol. The summed E-state index contributed by atoms with van der Waals surface area (Å²) in [7, 11) is 0. The molecule has 0 aliphatic rings. The first-order valence-electron chi connectivity index (χ1n) is 23.1. The molecule has 67 heavy (non-hydrogen) atoms. The molecule has 0 aromatic rings. The summed E-state index contributed by atoms with van der Waals surface area (Å²) in [6.45, 7) is 9.64. The second-order valence-electron chi connectivity index (χ2n) is 16.6. The molecule has 0 saturated carbocycles. The number of nitrogens with one attached hydrogen (secondary N) is 9. The Bertz CT molecular complexity index is 1620. The Labute approximate surface area is 393 Å². The lowest BCUT2D eigenvalue weighted by Crippen LogP contribution is -2.59. The summed E-state index contributed by atoms with van der Waals surface area (Å²) in [6, 6.07) is -11.4. The van der Waals surface area contributed by atoms with Crippen LogP contribution in [0.15, 0.2) is 0 Å². The summed E-state index contributed by atoms with van der Waals surface area (Å²) >= 11 is 0. The average Bonchev–Trinajstić information content (AvgIpc) is 3.27. The lowest BCUT2D eigenvalue weighted by molar-refractivity contribution is -0.142. The maximum Gasteiger partial charge on any atom is 0.326 e. The van der Waals surface area contributed by atoms with Crippen LogP contribution in [-0.2, 0) is 47.9 Å². The number of nitrogens with two attached hydrogens (primary N) is 5. The third kappa shape index (κ3) is 25.3. The molecule has 0 aromatic carbocycles. The maximum absolute atomic E-state index is 13.4. The Balaban J connectivity index is 5.54. The molecule has 25 heteroatoms. The minimum absolute atomic E-state index is 0.107. The Hall–Kier alpha value is -5.50. The number of hydrogen-bond acceptors (Lipinski definition) is 15. The molecule has 384 valence electrons. The van der Waals surface area contributed by atoms with Crippen molar-refractivity contribution >= 4 is 59.1 Å². The second kappa shape index (κ2) is 33.9. The zero-order valence-corrected chi connectivity index (χ0v) is 40.0. The van der Waals surface area contributed by atoms with Crippen molar-refractivity contribution in [3.05, 3.63) is 0 Å². The van der Waals surface area contributed by atoms with Gasteiger partial charge in [-0.3, -0.25) is 43.2 Å². The number of amides is 9. The number of unbranched alkanes of at least 4 members (excludes halogenated alkanes) is 4. The van der Waals surface area contributed by atoms with Crippen LogP contribution in [0.5, 0.6) is 0 Å². The van der Waals surface area contributed by atoms with Gasteiger partial charge in [-0.1, -0.05) is 6.42 Å². The highest BCUT2D eigenvalue weighted by atomic mass is 16.4. The van der Waals surface area contributed by atoms with E-state index in [1.54, 1.807) is 0 Å². The lowest BCUT2D eigenvalue weighted by atomic mass is 10.1. The van der Waals surface area contributed by atoms with E-state index < -0.39 is 120 Å². The van der Waals surface area contributed by atoms with E-state index in [4.69, 9.17) is 28.7 Å². The molecule has 0 aromatic heterocycles. The van der Waals surface area contributed by atoms with Gasteiger partial charge in [0.15, 0.2) is 0 Å². The van der Waals surface area contributed by atoms with Crippen molar-refractivity contribution in [3.8, 4) is 0 Å². The van der Waals surface area contributed by atoms with Gasteiger partial charge in [-0.05, 0) is 138 Å². The van der Waals surface area contributed by atoms with Gasteiger partial charge in [-0.15, -0.1) is 0 Å². The van der Waals surface area contributed by atoms with Crippen LogP contribution in [0.4, 0.5) is 0 Å². The molecule has 0 bridgehead atoms. The van der Waals surface area contributed by atoms with Crippen LogP contribution in [0, 0.1) is 0 Å². The van der Waals surface area contributed by atoms with E-state index in [2.05, 4.69) is 47.9 Å². The Morgan fingerprint density at radius 2 is 0.552 bits per heavy atom. The highest BCUT2D eigenvalue weighted by molar-refractivity contribution is 5.98. The van der Waals surface area contributed by atoms with Gasteiger partial charge >= 0.3 is 5.97 Å². The van der Waals surface area contributed by atoms with E-state index in [0.717, 1.165) is 0 Å². The molecule has 0 heterocycles. The predicted molar refractivity (Wildman–Crippen MR) is 249 cm³/mol. The zero-order chi connectivity index (χ0) is 51.2. The van der Waals surface area contributed by atoms with Crippen molar-refractivity contribution in [2.45, 2.75) is 179 Å². The van der Waals surface area contributed by atoms with Gasteiger partial charge in [-0.2, -0.15) is 0 Å². The first-order valence-corrected chi connectivity index (χ1v) is 23.1. The van der Waals surface area contributed by atoms with Crippen molar-refractivity contribution in [2.24, 2.45) is 28.7 Å². The van der Waals surface area contributed by atoms with Gasteiger partial charge in [0.25, 0.3) is 0 Å². The highest BCUT2D eigenvalue weighted by Gasteiger charge is 2.31. The van der Waals surface area contributed by atoms with E-state index in [0.29, 0.717) is 84.0 Å². The van der Waals surface area contributed by atoms with Gasteiger partial charge in [0.2, 0.25) is 53.2 Å². The van der Waals surface area contributed by atoms with E-state index in [1.807, 2.05) is 0 Å². The van der Waals surface area contributed by atoms with Crippen LogP contribution in [0.2, 0.25) is 0 Å². The summed E-state index contributed by atoms with van der Waals surface area (Å²) in [6.07, 6.45) is 4.96. The van der Waals surface area contributed by atoms with E-state index in [1.165, 1.54) is 41.5 Å². The molecule has 0 unspecified atom stereocenters. The molecule has 0 aliphatic carbocycles. The second-order valence-corrected chi connectivity index (χ2v) is 16.6. The number of carbonyl (C=O) groups is 10. The number of carboxylic acids is 1. The number of aliphatic carboxylic acids is 1. The summed E-state index contributed by atoms with van der Waals surface area (Å²) in [5.74, 6) is -7.73. The third-order valence-corrected chi connectivity index (χ3v) is 10.5. The first kappa shape index (κ1) is 61.5. The summed E-state index contributed by atoms with van der Waals surface area (Å²) in [4.78, 5) is 129. The van der Waals surface area contributed by atoms with E-state index in [-0.39, 0.29) is 19.3 Å². The SMILES string of the molecule is C[C@H](NC(=O)[C@H](C)NC(=O)[C@H](CCCCN)NC(=O)[C@H](C)NC(=O)[C@H](C)NC(=O)[C@H](CCCCN)NC(=O)[C@H](C)NC(=O)[C@H](C)NC(=O)[C@@H](N)CCCCN)C(=O)N[C@@H](CCCCN)C(=O)O. The van der Waals surface area contributed by atoms with Crippen molar-refractivity contribution < 1.29 is 53.1 Å². The lowest BCUT2D eigenvalue weighted by Gasteiger charge is -2.25. The van der Waals surface area contributed by atoms with Gasteiger partial charge in [0.05, 0.1) is 6.04 Å². The molecule has 0 fully saturated rings. The normalized spacial score (nSPS) is 15.5. The molecule has 0 rings (SSSR count). The summed E-state index contributed by atoms with van der Waals surface area (Å²) in [5.41, 5.74) is 28.1. The minimum Gasteiger partial charge on any atom is -0.480 e. The number of hydrogen-bond donors (Lipinski definition) is 15. The molecule has 0 radical (unpaired) electrons. The van der Waals surface area contributed by atoms with Crippen molar-refractivity contribution in [1.29, 1.82) is 0 Å². The first-order chi connectivity index (χ1) is 31.5. The quantitative estimate of drug-likeness (QED) is 0.0266. The molecule has 0 aliphatic heterocycles. The predicted octanol–water partition coefficient (Wildman–Crippen LogP) is -4.60. The molecule has 10 atom stereocenters. The van der Waals surface area contributed by atoms with Crippen molar-refractivity contribution in [1.82, 2.24) is 47.9 Å². The topological polar surface area (TPSA) is 429 Å². The van der Waals surface area contributed by atoms with Crippen LogP contribution in [0.25, 0.3) is 0 Å². The van der Waals surface area contributed by atoms with Gasteiger partial charge in [-0.25, -0.2) is 4.79 Å². The van der Waals surface area contributed by atoms with Crippen molar-refractivity contribution in [2.75, 3.05) is 26.2 Å². The summed E-state index contributed by atoms with van der Waals surface area (Å²) < 4.78 is 0. The number of rotatable bonds is 35. The molecule has 9 amide bonds. The van der Waals surface area contributed by atoms with E-state index >= 15 is 0 Å². The van der Waals surface area contributed by atoms with Gasteiger partial charge in [0.1, 0.15) is 54.4 Å². The fraction of sp³-hybridized carbons (Fsp3) is 0.762. The average molecular weight is 957 g/mol. The molecule has 20 N–H and O–H groups in total. The third-order valence-electron chi connectivity index (χ3n) is 10.5. The standard InChI is InChI=1S/C42H80N14O11/c1-23(51-39(63)29(47)15-7-11-19-43)33(57)48-26(4)36(60)54-30(16-8-12-20-44)40(64)52-24(2)34(58)49-27(5)37(61)55-31(17-9-13-21-45)41(65)53-25(3)35(59)50-28(6)38(62)56-32(42(66)67)18-10-14-22-46/h23-32H,7-22,43-47H2,1-6H3,(H,48,57)(H,49,58)(H,50,59)(H,51,63)(H,52,64)(H,53,65)(H,54,60)(H,55,61)(H,56,62)(H,66,67)/t23-,24-,25-,26-,27-,28-,29-,30-,31-,32-/m0/s1. The minimum atomic E-state index is -1.24. The molecule has 0 saturated heterocycles. The van der Waals surface area contributed by atoms with Crippen LogP contribution in [0.3, 0.4) is 0 Å². The van der Waals surface area contributed by atoms with Gasteiger partial charge < -0.3 is 81.6 Å².